The van der Waals surface area contributed by atoms with Crippen LogP contribution in [0.2, 0.25) is 0 Å². The van der Waals surface area contributed by atoms with Gasteiger partial charge < -0.3 is 14.0 Å². The van der Waals surface area contributed by atoms with Crippen LogP contribution < -0.4 is 14.2 Å². The van der Waals surface area contributed by atoms with Gasteiger partial charge in [0.15, 0.2) is 5.03 Å². The molecule has 0 saturated heterocycles. The molecular formula is C10H13N5O4S. The van der Waals surface area contributed by atoms with Gasteiger partial charge in [-0.25, -0.2) is 9.97 Å². The van der Waals surface area contributed by atoms with Crippen molar-refractivity contribution in [1.82, 2.24) is 19.5 Å². The lowest BCUT2D eigenvalue weighted by Gasteiger charge is -2.09. The second kappa shape index (κ2) is 5.33. The van der Waals surface area contributed by atoms with Crippen molar-refractivity contribution in [3.8, 4) is 11.9 Å². The summed E-state index contributed by atoms with van der Waals surface area (Å²) in [5, 5.41) is -0.113. The number of sulfonamides is 1. The Hall–Kier alpha value is -2.36. The predicted octanol–water partition coefficient (Wildman–Crippen LogP) is 0.0281. The van der Waals surface area contributed by atoms with E-state index < -0.39 is 10.0 Å². The zero-order valence-corrected chi connectivity index (χ0v) is 11.9. The number of hydrogen-bond acceptors (Lipinski definition) is 7. The Morgan fingerprint density at radius 3 is 2.55 bits per heavy atom. The first-order chi connectivity index (χ1) is 9.46. The average molecular weight is 299 g/mol. The topological polar surface area (TPSA) is 108 Å². The molecule has 0 atom stereocenters. The standard InChI is InChI=1S/C10H13N5O4S/c1-15-5-8(12-6-15)20(16,17)14-7-4-11-10(19-3)13-9(7)18-2/h4-6,14H,1-3H3. The number of rotatable bonds is 5. The lowest BCUT2D eigenvalue weighted by Crippen LogP contribution is -2.15. The molecule has 2 aromatic heterocycles. The van der Waals surface area contributed by atoms with Crippen LogP contribution in [0.15, 0.2) is 23.7 Å². The normalized spacial score (nSPS) is 11.2. The van der Waals surface area contributed by atoms with Crippen LogP contribution in [-0.2, 0) is 17.1 Å². The minimum atomic E-state index is -3.83. The molecule has 0 aliphatic heterocycles. The maximum Gasteiger partial charge on any atom is 0.319 e. The Balaban J connectivity index is 2.34. The summed E-state index contributed by atoms with van der Waals surface area (Å²) >= 11 is 0. The maximum absolute atomic E-state index is 12.1. The summed E-state index contributed by atoms with van der Waals surface area (Å²) in [5.41, 5.74) is 0.0963. The van der Waals surface area contributed by atoms with Gasteiger partial charge >= 0.3 is 6.01 Å². The van der Waals surface area contributed by atoms with Gasteiger partial charge in [0.1, 0.15) is 5.69 Å². The molecule has 10 heteroatoms. The molecular weight excluding hydrogens is 286 g/mol. The fraction of sp³-hybridized carbons (Fsp3) is 0.300. The number of imidazole rings is 1. The van der Waals surface area contributed by atoms with Gasteiger partial charge in [0.25, 0.3) is 10.0 Å². The Morgan fingerprint density at radius 1 is 1.25 bits per heavy atom. The van der Waals surface area contributed by atoms with Crippen molar-refractivity contribution in [2.45, 2.75) is 5.03 Å². The van der Waals surface area contributed by atoms with Crippen LogP contribution >= 0.6 is 0 Å². The molecule has 2 heterocycles. The van der Waals surface area contributed by atoms with E-state index in [1.165, 1.54) is 37.5 Å². The summed E-state index contributed by atoms with van der Waals surface area (Å²) in [7, 11) is 0.599. The van der Waals surface area contributed by atoms with Gasteiger partial charge in [-0.05, 0) is 0 Å². The molecule has 20 heavy (non-hydrogen) atoms. The second-order valence-corrected chi connectivity index (χ2v) is 5.39. The third-order valence-corrected chi connectivity index (χ3v) is 3.56. The number of aryl methyl sites for hydroxylation is 1. The second-order valence-electron chi connectivity index (χ2n) is 3.76. The molecule has 0 spiro atoms. The number of nitrogens with one attached hydrogen (secondary N) is 1. The molecule has 0 fully saturated rings. The smallest absolute Gasteiger partial charge is 0.319 e. The van der Waals surface area contributed by atoms with Gasteiger partial charge in [-0.3, -0.25) is 4.72 Å². The SMILES string of the molecule is COc1ncc(NS(=O)(=O)c2cn(C)cn2)c(OC)n1. The van der Waals surface area contributed by atoms with E-state index in [1.54, 1.807) is 7.05 Å². The number of nitrogens with zero attached hydrogens (tertiary/aromatic N) is 4. The van der Waals surface area contributed by atoms with Crippen molar-refractivity contribution in [2.75, 3.05) is 18.9 Å². The van der Waals surface area contributed by atoms with Gasteiger partial charge in [-0.2, -0.15) is 13.4 Å². The van der Waals surface area contributed by atoms with E-state index in [1.807, 2.05) is 0 Å². The summed E-state index contributed by atoms with van der Waals surface area (Å²) in [5.74, 6) is 0.0522. The van der Waals surface area contributed by atoms with Crippen molar-refractivity contribution in [3.05, 3.63) is 18.7 Å². The monoisotopic (exact) mass is 299 g/mol. The molecule has 2 aromatic rings. The Labute approximate surface area is 115 Å². The van der Waals surface area contributed by atoms with E-state index in [0.29, 0.717) is 0 Å². The Kier molecular flexibility index (Phi) is 3.74. The van der Waals surface area contributed by atoms with E-state index in [9.17, 15) is 8.42 Å². The molecule has 0 radical (unpaired) electrons. The first-order valence-corrected chi connectivity index (χ1v) is 6.90. The van der Waals surface area contributed by atoms with Crippen molar-refractivity contribution in [2.24, 2.45) is 7.05 Å². The molecule has 0 aromatic carbocycles. The number of anilines is 1. The van der Waals surface area contributed by atoms with Crippen LogP contribution in [0.4, 0.5) is 5.69 Å². The maximum atomic E-state index is 12.1. The van der Waals surface area contributed by atoms with Gasteiger partial charge in [-0.15, -0.1) is 0 Å². The average Bonchev–Trinajstić information content (AvgIpc) is 2.86. The van der Waals surface area contributed by atoms with E-state index >= 15 is 0 Å². The van der Waals surface area contributed by atoms with Gasteiger partial charge in [-0.1, -0.05) is 0 Å². The lowest BCUT2D eigenvalue weighted by atomic mass is 10.5. The third-order valence-electron chi connectivity index (χ3n) is 2.31. The fourth-order valence-corrected chi connectivity index (χ4v) is 2.42. The number of methoxy groups -OCH3 is 2. The molecule has 0 bridgehead atoms. The first-order valence-electron chi connectivity index (χ1n) is 5.42. The zero-order valence-electron chi connectivity index (χ0n) is 11.1. The fourth-order valence-electron chi connectivity index (χ4n) is 1.40. The Bertz CT molecular complexity index is 712. The van der Waals surface area contributed by atoms with Crippen LogP contribution in [-0.4, -0.2) is 42.2 Å². The number of ether oxygens (including phenoxy) is 2. The van der Waals surface area contributed by atoms with Crippen LogP contribution in [0, 0.1) is 0 Å². The highest BCUT2D eigenvalue weighted by Gasteiger charge is 2.20. The van der Waals surface area contributed by atoms with Crippen LogP contribution in [0.5, 0.6) is 11.9 Å². The van der Waals surface area contributed by atoms with Crippen molar-refractivity contribution >= 4 is 15.7 Å². The highest BCUT2D eigenvalue weighted by atomic mass is 32.2. The minimum absolute atomic E-state index is 0.0522. The summed E-state index contributed by atoms with van der Waals surface area (Å²) in [6.07, 6.45) is 4.01. The quantitative estimate of drug-likeness (QED) is 0.829. The third kappa shape index (κ3) is 2.79. The molecule has 0 amide bonds. The molecule has 0 aliphatic carbocycles. The molecule has 2 rings (SSSR count). The minimum Gasteiger partial charge on any atom is -0.479 e. The molecule has 0 aliphatic rings. The first kappa shape index (κ1) is 14.1. The highest BCUT2D eigenvalue weighted by molar-refractivity contribution is 7.92. The summed E-state index contributed by atoms with van der Waals surface area (Å²) in [6.45, 7) is 0. The van der Waals surface area contributed by atoms with Crippen molar-refractivity contribution in [1.29, 1.82) is 0 Å². The van der Waals surface area contributed by atoms with E-state index in [0.717, 1.165) is 0 Å². The molecule has 0 unspecified atom stereocenters. The van der Waals surface area contributed by atoms with E-state index in [-0.39, 0.29) is 22.6 Å². The highest BCUT2D eigenvalue weighted by Crippen LogP contribution is 2.24. The zero-order chi connectivity index (χ0) is 14.8. The van der Waals surface area contributed by atoms with Crippen molar-refractivity contribution < 1.29 is 17.9 Å². The predicted molar refractivity (Wildman–Crippen MR) is 69.2 cm³/mol. The van der Waals surface area contributed by atoms with Gasteiger partial charge in [0, 0.05) is 13.2 Å². The van der Waals surface area contributed by atoms with Gasteiger partial charge in [0.2, 0.25) is 5.88 Å². The summed E-state index contributed by atoms with van der Waals surface area (Å²) in [4.78, 5) is 11.5. The molecule has 108 valence electrons. The van der Waals surface area contributed by atoms with Crippen LogP contribution in [0.1, 0.15) is 0 Å². The molecule has 9 nitrogen and oxygen atoms in total. The Morgan fingerprint density at radius 2 is 2.00 bits per heavy atom. The number of hydrogen-bond donors (Lipinski definition) is 1. The largest absolute Gasteiger partial charge is 0.479 e. The summed E-state index contributed by atoms with van der Waals surface area (Å²) < 4.78 is 37.9. The van der Waals surface area contributed by atoms with Gasteiger partial charge in [0.05, 0.1) is 26.7 Å². The van der Waals surface area contributed by atoms with E-state index in [4.69, 9.17) is 9.47 Å². The van der Waals surface area contributed by atoms with Crippen LogP contribution in [0.25, 0.3) is 0 Å². The lowest BCUT2D eigenvalue weighted by molar-refractivity contribution is 0.353. The van der Waals surface area contributed by atoms with E-state index in [2.05, 4.69) is 19.7 Å². The van der Waals surface area contributed by atoms with Crippen molar-refractivity contribution in [3.63, 3.8) is 0 Å². The summed E-state index contributed by atoms with van der Waals surface area (Å²) in [6, 6.07) is 0.0719. The molecule has 0 saturated carbocycles. The number of aromatic nitrogens is 4. The van der Waals surface area contributed by atoms with Crippen LogP contribution in [0.3, 0.4) is 0 Å². The molecule has 1 N–H and O–H groups in total.